The number of phenolic OH excluding ortho intramolecular Hbond substituents is 1. The lowest BCUT2D eigenvalue weighted by molar-refractivity contribution is 0.423. The molecule has 1 aromatic carbocycles. The predicted molar refractivity (Wildman–Crippen MR) is 89.0 cm³/mol. The summed E-state index contributed by atoms with van der Waals surface area (Å²) in [5, 5.41) is 10.6. The Morgan fingerprint density at radius 3 is 1.70 bits per heavy atom. The van der Waals surface area contributed by atoms with E-state index in [9.17, 15) is 9.67 Å². The molecule has 1 aromatic rings. The lowest BCUT2D eigenvalue weighted by Crippen LogP contribution is -2.18. The molecule has 0 saturated carbocycles. The van der Waals surface area contributed by atoms with E-state index in [-0.39, 0.29) is 10.8 Å². The van der Waals surface area contributed by atoms with Gasteiger partial charge in [0.15, 0.2) is 0 Å². The van der Waals surface area contributed by atoms with Crippen molar-refractivity contribution in [2.24, 2.45) is 0 Å². The highest BCUT2D eigenvalue weighted by atomic mass is 31.1. The summed E-state index contributed by atoms with van der Waals surface area (Å²) in [7, 11) is -1.45. The number of aromatic hydroxyl groups is 1. The smallest absolute Gasteiger partial charge is 0.123 e. The van der Waals surface area contributed by atoms with Crippen molar-refractivity contribution in [3.8, 4) is 5.75 Å². The molecule has 1 unspecified atom stereocenters. The Kier molecular flexibility index (Phi) is 5.13. The fourth-order valence-electron chi connectivity index (χ4n) is 2.30. The van der Waals surface area contributed by atoms with Crippen molar-refractivity contribution >= 4 is 7.80 Å². The lowest BCUT2D eigenvalue weighted by atomic mass is 9.78. The highest BCUT2D eigenvalue weighted by Crippen LogP contribution is 2.40. The second-order valence-electron chi connectivity index (χ2n) is 7.74. The highest BCUT2D eigenvalue weighted by Gasteiger charge is 2.26. The van der Waals surface area contributed by atoms with Crippen LogP contribution in [0, 0.1) is 0 Å². The first-order chi connectivity index (χ1) is 8.93. The van der Waals surface area contributed by atoms with Crippen LogP contribution in [-0.4, -0.2) is 17.9 Å². The quantitative estimate of drug-likeness (QED) is 0.819. The fourth-order valence-corrected chi connectivity index (χ4v) is 2.94. The summed E-state index contributed by atoms with van der Waals surface area (Å²) in [6, 6.07) is 4.16. The molecule has 1 N–H and O–H groups in total. The third-order valence-electron chi connectivity index (χ3n) is 3.55. The third kappa shape index (κ3) is 4.38. The van der Waals surface area contributed by atoms with Crippen molar-refractivity contribution in [1.29, 1.82) is 0 Å². The topological polar surface area (TPSA) is 37.3 Å². The normalized spacial score (nSPS) is 14.3. The summed E-state index contributed by atoms with van der Waals surface area (Å²) in [5.41, 5.74) is 2.94. The first kappa shape index (κ1) is 17.3. The molecule has 1 rings (SSSR count). The van der Waals surface area contributed by atoms with E-state index in [1.54, 1.807) is 6.66 Å². The molecule has 114 valence electrons. The van der Waals surface area contributed by atoms with Gasteiger partial charge in [-0.15, -0.1) is 0 Å². The van der Waals surface area contributed by atoms with Gasteiger partial charge in [-0.2, -0.15) is 0 Å². The van der Waals surface area contributed by atoms with Gasteiger partial charge in [-0.1, -0.05) is 53.7 Å². The summed E-state index contributed by atoms with van der Waals surface area (Å²) in [6.07, 6.45) is 1.56. The molecule has 0 aliphatic heterocycles. The van der Waals surface area contributed by atoms with Crippen molar-refractivity contribution in [1.82, 2.24) is 0 Å². The van der Waals surface area contributed by atoms with Crippen molar-refractivity contribution in [3.63, 3.8) is 0 Å². The van der Waals surface area contributed by atoms with Crippen LogP contribution in [0.5, 0.6) is 5.75 Å². The van der Waals surface area contributed by atoms with E-state index in [1.807, 2.05) is 0 Å². The maximum atomic E-state index is 11.4. The predicted octanol–water partition coefficient (Wildman–Crippen LogP) is 4.72. The van der Waals surface area contributed by atoms with Crippen LogP contribution in [0.1, 0.15) is 58.2 Å². The Bertz CT molecular complexity index is 470. The van der Waals surface area contributed by atoms with Crippen LogP contribution in [0.25, 0.3) is 0 Å². The fraction of sp³-hybridized carbons (Fsp3) is 0.647. The van der Waals surface area contributed by atoms with E-state index < -0.39 is 7.80 Å². The molecule has 0 aliphatic rings. The Balaban J connectivity index is 3.38. The van der Waals surface area contributed by atoms with Gasteiger partial charge in [-0.3, -0.25) is 0 Å². The van der Waals surface area contributed by atoms with Crippen LogP contribution < -0.4 is 0 Å². The second kappa shape index (κ2) is 5.93. The number of rotatable bonds is 3. The molecule has 0 saturated heterocycles. The van der Waals surface area contributed by atoms with Crippen molar-refractivity contribution in [2.75, 3.05) is 12.8 Å². The zero-order valence-corrected chi connectivity index (χ0v) is 14.9. The summed E-state index contributed by atoms with van der Waals surface area (Å²) in [5.74, 6) is 0.415. The van der Waals surface area contributed by atoms with Gasteiger partial charge >= 0.3 is 0 Å². The Morgan fingerprint density at radius 1 is 1.00 bits per heavy atom. The number of hydrogen-bond acceptors (Lipinski definition) is 2. The number of phenols is 1. The van der Waals surface area contributed by atoms with E-state index in [0.29, 0.717) is 5.75 Å². The first-order valence-corrected chi connectivity index (χ1v) is 9.40. The Morgan fingerprint density at radius 2 is 1.40 bits per heavy atom. The number of aryl methyl sites for hydroxylation is 1. The Labute approximate surface area is 124 Å². The summed E-state index contributed by atoms with van der Waals surface area (Å²) >= 11 is 0. The van der Waals surface area contributed by atoms with Crippen LogP contribution in [0.3, 0.4) is 0 Å². The van der Waals surface area contributed by atoms with Gasteiger partial charge in [-0.25, -0.2) is 0 Å². The van der Waals surface area contributed by atoms with Crippen LogP contribution in [0.4, 0.5) is 0 Å². The molecule has 2 nitrogen and oxygen atoms in total. The van der Waals surface area contributed by atoms with Crippen molar-refractivity contribution in [3.05, 3.63) is 28.8 Å². The molecular weight excluding hydrogens is 267 g/mol. The van der Waals surface area contributed by atoms with Gasteiger partial charge in [-0.05, 0) is 40.6 Å². The average Bonchev–Trinajstić information content (AvgIpc) is 2.24. The first-order valence-electron chi connectivity index (χ1n) is 7.29. The van der Waals surface area contributed by atoms with Gasteiger partial charge in [0.2, 0.25) is 0 Å². The molecule has 20 heavy (non-hydrogen) atoms. The van der Waals surface area contributed by atoms with Gasteiger partial charge in [0.05, 0.1) is 7.80 Å². The largest absolute Gasteiger partial charge is 0.507 e. The van der Waals surface area contributed by atoms with Crippen molar-refractivity contribution < 1.29 is 9.67 Å². The highest BCUT2D eigenvalue weighted by molar-refractivity contribution is 7.43. The number of benzene rings is 1. The van der Waals surface area contributed by atoms with Crippen LogP contribution in [-0.2, 0) is 21.8 Å². The van der Waals surface area contributed by atoms with Gasteiger partial charge in [0.25, 0.3) is 0 Å². The summed E-state index contributed by atoms with van der Waals surface area (Å²) in [4.78, 5) is 0. The minimum absolute atomic E-state index is 0.0996. The molecule has 0 heterocycles. The van der Waals surface area contributed by atoms with Gasteiger partial charge in [0, 0.05) is 6.16 Å². The minimum Gasteiger partial charge on any atom is -0.507 e. The van der Waals surface area contributed by atoms with E-state index >= 15 is 0 Å². The lowest BCUT2D eigenvalue weighted by Gasteiger charge is -2.28. The molecule has 0 amide bonds. The van der Waals surface area contributed by atoms with E-state index in [0.717, 1.165) is 23.7 Å². The standard InChI is InChI=1S/C17H29O2P/c1-16(2,3)13-10-12(8-9-20(7)19)11-14(15(13)18)17(4,5)6/h10-11,18,20H,8-9H2,1-7H3. The zero-order valence-electron chi connectivity index (χ0n) is 13.9. The molecule has 0 bridgehead atoms. The molecule has 0 spiro atoms. The zero-order chi connectivity index (χ0) is 15.7. The second-order valence-corrected chi connectivity index (χ2v) is 9.65. The third-order valence-corrected chi connectivity index (χ3v) is 4.51. The molecular formula is C17H29O2P. The van der Waals surface area contributed by atoms with Crippen LogP contribution in [0.15, 0.2) is 12.1 Å². The van der Waals surface area contributed by atoms with Gasteiger partial charge in [0.1, 0.15) is 5.75 Å². The molecule has 1 atom stereocenters. The summed E-state index contributed by atoms with van der Waals surface area (Å²) in [6.45, 7) is 14.5. The van der Waals surface area contributed by atoms with E-state index in [2.05, 4.69) is 53.7 Å². The monoisotopic (exact) mass is 296 g/mol. The number of hydrogen-bond donors (Lipinski definition) is 1. The van der Waals surface area contributed by atoms with Gasteiger partial charge < -0.3 is 9.67 Å². The summed E-state index contributed by atoms with van der Waals surface area (Å²) < 4.78 is 11.4. The molecule has 0 radical (unpaired) electrons. The molecule has 3 heteroatoms. The van der Waals surface area contributed by atoms with E-state index in [1.165, 1.54) is 5.56 Å². The molecule has 0 aromatic heterocycles. The average molecular weight is 296 g/mol. The molecule has 0 fully saturated rings. The molecule has 0 aliphatic carbocycles. The minimum atomic E-state index is -1.45. The SMILES string of the molecule is C[PH](=O)CCc1cc(C(C)(C)C)c(O)c(C(C)(C)C)c1. The maximum Gasteiger partial charge on any atom is 0.123 e. The van der Waals surface area contributed by atoms with Crippen molar-refractivity contribution in [2.45, 2.75) is 58.8 Å². The Hall–Kier alpha value is -0.750. The maximum absolute atomic E-state index is 11.4. The van der Waals surface area contributed by atoms with Crippen LogP contribution >= 0.6 is 7.80 Å². The van der Waals surface area contributed by atoms with E-state index in [4.69, 9.17) is 0 Å². The van der Waals surface area contributed by atoms with Crippen LogP contribution in [0.2, 0.25) is 0 Å².